The Morgan fingerprint density at radius 2 is 1.40 bits per heavy atom. The van der Waals surface area contributed by atoms with Gasteiger partial charge in [-0.05, 0) is 29.7 Å². The standard InChI is InChI=1S/C13H15N3O2.C12H10/c1-2-3-6-18-10-4-5-11(12(17)7-10)13-15-8-14-9-16-13;1-3-7-11(8-4-1)12-9-5-2-6-10-12/h4-5,7-9,17H,2-3,6H2,1H3;1-10H. The second-order valence-corrected chi connectivity index (χ2v) is 6.57. The number of aromatic nitrogens is 3. The Bertz CT molecular complexity index is 973. The molecule has 5 heteroatoms. The van der Waals surface area contributed by atoms with E-state index in [4.69, 9.17) is 4.74 Å². The fourth-order valence-electron chi connectivity index (χ4n) is 2.76. The van der Waals surface area contributed by atoms with E-state index in [9.17, 15) is 5.11 Å². The van der Waals surface area contributed by atoms with Crippen molar-refractivity contribution in [3.05, 3.63) is 91.5 Å². The third-order valence-electron chi connectivity index (χ3n) is 4.35. The minimum absolute atomic E-state index is 0.107. The first kappa shape index (κ1) is 21.0. The number of phenolic OH excluding ortho intramolecular Hbond substituents is 1. The number of nitrogens with zero attached hydrogens (tertiary/aromatic N) is 3. The van der Waals surface area contributed by atoms with Crippen LogP contribution in [0, 0.1) is 0 Å². The number of phenols is 1. The molecular weight excluding hydrogens is 374 g/mol. The van der Waals surface area contributed by atoms with Gasteiger partial charge >= 0.3 is 0 Å². The summed E-state index contributed by atoms with van der Waals surface area (Å²) in [7, 11) is 0. The van der Waals surface area contributed by atoms with Crippen molar-refractivity contribution >= 4 is 0 Å². The lowest BCUT2D eigenvalue weighted by Gasteiger charge is -2.07. The van der Waals surface area contributed by atoms with Gasteiger partial charge in [-0.25, -0.2) is 15.0 Å². The summed E-state index contributed by atoms with van der Waals surface area (Å²) in [4.78, 5) is 11.7. The van der Waals surface area contributed by atoms with Crippen LogP contribution in [-0.4, -0.2) is 26.7 Å². The lowest BCUT2D eigenvalue weighted by atomic mass is 10.1. The molecule has 0 atom stereocenters. The third-order valence-corrected chi connectivity index (χ3v) is 4.35. The second-order valence-electron chi connectivity index (χ2n) is 6.57. The predicted molar refractivity (Wildman–Crippen MR) is 119 cm³/mol. The van der Waals surface area contributed by atoms with Crippen molar-refractivity contribution in [2.75, 3.05) is 6.61 Å². The quantitative estimate of drug-likeness (QED) is 0.416. The maximum atomic E-state index is 9.92. The van der Waals surface area contributed by atoms with Gasteiger partial charge in [-0.2, -0.15) is 0 Å². The van der Waals surface area contributed by atoms with Gasteiger partial charge in [0.2, 0.25) is 0 Å². The zero-order chi connectivity index (χ0) is 21.0. The molecule has 0 amide bonds. The summed E-state index contributed by atoms with van der Waals surface area (Å²) in [6.45, 7) is 2.76. The molecule has 1 N–H and O–H groups in total. The maximum Gasteiger partial charge on any atom is 0.166 e. The van der Waals surface area contributed by atoms with Gasteiger partial charge in [-0.1, -0.05) is 74.0 Å². The molecule has 0 bridgehead atoms. The SMILES string of the molecule is CCCCOc1ccc(-c2ncncn2)c(O)c1.c1ccc(-c2ccccc2)cc1. The van der Waals surface area contributed by atoms with Gasteiger partial charge in [0.05, 0.1) is 12.2 Å². The van der Waals surface area contributed by atoms with Gasteiger partial charge in [0.1, 0.15) is 24.2 Å². The number of hydrogen-bond acceptors (Lipinski definition) is 5. The Hall–Kier alpha value is -3.73. The number of benzene rings is 3. The summed E-state index contributed by atoms with van der Waals surface area (Å²) < 4.78 is 5.50. The molecule has 0 saturated heterocycles. The number of unbranched alkanes of at least 4 members (excludes halogenated alkanes) is 1. The van der Waals surface area contributed by atoms with Gasteiger partial charge in [-0.3, -0.25) is 0 Å². The summed E-state index contributed by atoms with van der Waals surface area (Å²) in [6.07, 6.45) is 4.87. The smallest absolute Gasteiger partial charge is 0.166 e. The van der Waals surface area contributed by atoms with E-state index in [-0.39, 0.29) is 5.75 Å². The maximum absolute atomic E-state index is 9.92. The first-order chi connectivity index (χ1) is 14.8. The fourth-order valence-corrected chi connectivity index (χ4v) is 2.76. The third kappa shape index (κ3) is 6.14. The van der Waals surface area contributed by atoms with Crippen LogP contribution in [-0.2, 0) is 0 Å². The van der Waals surface area contributed by atoms with Crippen LogP contribution in [0.3, 0.4) is 0 Å². The van der Waals surface area contributed by atoms with E-state index >= 15 is 0 Å². The van der Waals surface area contributed by atoms with Crippen molar-refractivity contribution in [1.82, 2.24) is 15.0 Å². The monoisotopic (exact) mass is 399 g/mol. The number of aromatic hydroxyl groups is 1. The first-order valence-corrected chi connectivity index (χ1v) is 9.96. The molecule has 152 valence electrons. The Morgan fingerprint density at radius 1 is 0.800 bits per heavy atom. The molecule has 0 unspecified atom stereocenters. The Kier molecular flexibility index (Phi) is 7.92. The molecule has 4 aromatic rings. The van der Waals surface area contributed by atoms with E-state index in [1.165, 1.54) is 23.8 Å². The number of ether oxygens (including phenoxy) is 1. The number of rotatable bonds is 6. The molecule has 1 aromatic heterocycles. The van der Waals surface area contributed by atoms with Gasteiger partial charge < -0.3 is 9.84 Å². The van der Waals surface area contributed by atoms with Gasteiger partial charge in [-0.15, -0.1) is 0 Å². The molecule has 0 aliphatic heterocycles. The summed E-state index contributed by atoms with van der Waals surface area (Å²) in [5.41, 5.74) is 3.12. The van der Waals surface area contributed by atoms with Crippen molar-refractivity contribution in [1.29, 1.82) is 0 Å². The lowest BCUT2D eigenvalue weighted by Crippen LogP contribution is -1.96. The molecule has 5 nitrogen and oxygen atoms in total. The second kappa shape index (κ2) is 11.3. The molecule has 30 heavy (non-hydrogen) atoms. The number of hydrogen-bond donors (Lipinski definition) is 1. The van der Waals surface area contributed by atoms with Crippen molar-refractivity contribution in [2.24, 2.45) is 0 Å². The predicted octanol–water partition coefficient (Wildman–Crippen LogP) is 5.78. The highest BCUT2D eigenvalue weighted by Crippen LogP contribution is 2.30. The molecule has 0 saturated carbocycles. The summed E-state index contributed by atoms with van der Waals surface area (Å²) in [5.74, 6) is 1.21. The average molecular weight is 399 g/mol. The van der Waals surface area contributed by atoms with E-state index in [0.717, 1.165) is 12.8 Å². The molecule has 0 aliphatic rings. The molecule has 0 aliphatic carbocycles. The first-order valence-electron chi connectivity index (χ1n) is 9.96. The van der Waals surface area contributed by atoms with Gasteiger partial charge in [0, 0.05) is 6.07 Å². The largest absolute Gasteiger partial charge is 0.507 e. The normalized spacial score (nSPS) is 10.0. The van der Waals surface area contributed by atoms with Crippen molar-refractivity contribution < 1.29 is 9.84 Å². The zero-order valence-electron chi connectivity index (χ0n) is 17.0. The van der Waals surface area contributed by atoms with Gasteiger partial charge in [0.25, 0.3) is 0 Å². The highest BCUT2D eigenvalue weighted by molar-refractivity contribution is 5.64. The van der Waals surface area contributed by atoms with Crippen LogP contribution < -0.4 is 4.74 Å². The van der Waals surface area contributed by atoms with Crippen LogP contribution in [0.4, 0.5) is 0 Å². The van der Waals surface area contributed by atoms with Crippen LogP contribution in [0.2, 0.25) is 0 Å². The Labute approximate surface area is 177 Å². The molecule has 1 heterocycles. The van der Waals surface area contributed by atoms with E-state index in [2.05, 4.69) is 70.4 Å². The lowest BCUT2D eigenvalue weighted by molar-refractivity contribution is 0.307. The summed E-state index contributed by atoms with van der Waals surface area (Å²) >= 11 is 0. The molecule has 0 spiro atoms. The topological polar surface area (TPSA) is 68.1 Å². The van der Waals surface area contributed by atoms with Crippen LogP contribution in [0.1, 0.15) is 19.8 Å². The molecule has 4 rings (SSSR count). The average Bonchev–Trinajstić information content (AvgIpc) is 2.82. The van der Waals surface area contributed by atoms with Crippen LogP contribution >= 0.6 is 0 Å². The molecule has 3 aromatic carbocycles. The van der Waals surface area contributed by atoms with Crippen molar-refractivity contribution in [3.8, 4) is 34.0 Å². The van der Waals surface area contributed by atoms with E-state index in [1.54, 1.807) is 18.2 Å². The zero-order valence-corrected chi connectivity index (χ0v) is 17.0. The summed E-state index contributed by atoms with van der Waals surface area (Å²) in [6, 6.07) is 25.9. The van der Waals surface area contributed by atoms with E-state index in [0.29, 0.717) is 23.7 Å². The van der Waals surface area contributed by atoms with Crippen LogP contribution in [0.15, 0.2) is 91.5 Å². The van der Waals surface area contributed by atoms with Gasteiger partial charge in [0.15, 0.2) is 5.82 Å². The minimum atomic E-state index is 0.107. The minimum Gasteiger partial charge on any atom is -0.507 e. The highest BCUT2D eigenvalue weighted by atomic mass is 16.5. The Balaban J connectivity index is 0.000000184. The van der Waals surface area contributed by atoms with E-state index < -0.39 is 0 Å². The molecule has 0 radical (unpaired) electrons. The molecular formula is C25H25N3O2. The Morgan fingerprint density at radius 3 is 1.93 bits per heavy atom. The fraction of sp³-hybridized carbons (Fsp3) is 0.160. The van der Waals surface area contributed by atoms with Crippen molar-refractivity contribution in [2.45, 2.75) is 19.8 Å². The highest BCUT2D eigenvalue weighted by Gasteiger charge is 2.08. The summed E-state index contributed by atoms with van der Waals surface area (Å²) in [5, 5.41) is 9.92. The van der Waals surface area contributed by atoms with Crippen LogP contribution in [0.25, 0.3) is 22.5 Å². The van der Waals surface area contributed by atoms with Crippen molar-refractivity contribution in [3.63, 3.8) is 0 Å². The van der Waals surface area contributed by atoms with E-state index in [1.807, 2.05) is 12.1 Å². The van der Waals surface area contributed by atoms with Crippen LogP contribution in [0.5, 0.6) is 11.5 Å². The molecule has 0 fully saturated rings.